The van der Waals surface area contributed by atoms with Gasteiger partial charge in [-0.2, -0.15) is 0 Å². The van der Waals surface area contributed by atoms with Crippen molar-refractivity contribution in [1.82, 2.24) is 0 Å². The van der Waals surface area contributed by atoms with Crippen molar-refractivity contribution in [2.24, 2.45) is 0 Å². The Hall–Kier alpha value is -0.0800. The zero-order valence-corrected chi connectivity index (χ0v) is 27.2. The van der Waals surface area contributed by atoms with E-state index in [2.05, 4.69) is 20.8 Å². The molecule has 0 aliphatic carbocycles. The lowest BCUT2D eigenvalue weighted by Crippen LogP contribution is -2.44. The fourth-order valence-electron chi connectivity index (χ4n) is 5.97. The Morgan fingerprint density at radius 3 is 0.684 bits per heavy atom. The second kappa shape index (κ2) is 31.4. The van der Waals surface area contributed by atoms with Crippen LogP contribution in [0.5, 0.6) is 0 Å². The molecular formula is C36H75NO. The average molecular weight is 538 g/mol. The van der Waals surface area contributed by atoms with Crippen molar-refractivity contribution < 1.29 is 4.65 Å². The zero-order valence-electron chi connectivity index (χ0n) is 27.2. The van der Waals surface area contributed by atoms with Gasteiger partial charge in [0, 0.05) is 0 Å². The van der Waals surface area contributed by atoms with Crippen LogP contribution in [0.4, 0.5) is 0 Å². The molecule has 0 unspecified atom stereocenters. The maximum absolute atomic E-state index is 13.4. The van der Waals surface area contributed by atoms with E-state index in [-0.39, 0.29) is 4.65 Å². The van der Waals surface area contributed by atoms with Gasteiger partial charge in [-0.1, -0.05) is 181 Å². The van der Waals surface area contributed by atoms with Crippen LogP contribution in [0.1, 0.15) is 213 Å². The molecule has 0 aromatic rings. The monoisotopic (exact) mass is 538 g/mol. The third-order valence-electron chi connectivity index (χ3n) is 8.76. The highest BCUT2D eigenvalue weighted by molar-refractivity contribution is 4.54. The molecule has 0 rings (SSSR count). The Balaban J connectivity index is 3.62. The van der Waals surface area contributed by atoms with E-state index >= 15 is 0 Å². The lowest BCUT2D eigenvalue weighted by molar-refractivity contribution is -0.881. The van der Waals surface area contributed by atoms with Crippen LogP contribution >= 0.6 is 0 Å². The number of hydrogen-bond acceptors (Lipinski definition) is 1. The summed E-state index contributed by atoms with van der Waals surface area (Å²) >= 11 is 0. The van der Waals surface area contributed by atoms with Crippen LogP contribution in [-0.4, -0.2) is 24.3 Å². The van der Waals surface area contributed by atoms with E-state index in [1.165, 1.54) is 167 Å². The molecule has 0 aromatic heterocycles. The van der Waals surface area contributed by atoms with E-state index in [1.54, 1.807) is 0 Å². The van der Waals surface area contributed by atoms with Crippen LogP contribution in [-0.2, 0) is 0 Å². The first-order valence-electron chi connectivity index (χ1n) is 18.3. The molecule has 38 heavy (non-hydrogen) atoms. The minimum Gasteiger partial charge on any atom is -0.633 e. The zero-order chi connectivity index (χ0) is 27.8. The molecular weight excluding hydrogens is 462 g/mol. The molecule has 0 saturated carbocycles. The standard InChI is InChI=1S/C36H75NO/c1-4-7-10-12-14-16-18-20-22-24-26-28-30-32-35-37(38,34-9-6-3)36-33-31-29-27-25-23-21-19-17-15-13-11-8-5-2/h4-36H2,1-3H3. The van der Waals surface area contributed by atoms with Crippen LogP contribution in [0.3, 0.4) is 0 Å². The van der Waals surface area contributed by atoms with Gasteiger partial charge in [-0.3, -0.25) is 0 Å². The largest absolute Gasteiger partial charge is 0.633 e. The average Bonchev–Trinajstić information content (AvgIpc) is 2.92. The second-order valence-corrected chi connectivity index (χ2v) is 12.8. The van der Waals surface area contributed by atoms with Gasteiger partial charge in [-0.05, 0) is 32.1 Å². The second-order valence-electron chi connectivity index (χ2n) is 12.8. The normalized spacial score (nSPS) is 12.0. The summed E-state index contributed by atoms with van der Waals surface area (Å²) in [5.41, 5.74) is 0. The molecule has 0 heterocycles. The number of hydrogen-bond donors (Lipinski definition) is 0. The first-order chi connectivity index (χ1) is 18.7. The summed E-state index contributed by atoms with van der Waals surface area (Å²) in [7, 11) is 0. The summed E-state index contributed by atoms with van der Waals surface area (Å²) < 4.78 is 0.102. The van der Waals surface area contributed by atoms with Crippen molar-refractivity contribution in [2.75, 3.05) is 19.6 Å². The summed E-state index contributed by atoms with van der Waals surface area (Å²) in [6.45, 7) is 9.41. The molecule has 0 radical (unpaired) electrons. The number of rotatable bonds is 33. The molecule has 2 nitrogen and oxygen atoms in total. The highest BCUT2D eigenvalue weighted by atomic mass is 16.5. The van der Waals surface area contributed by atoms with E-state index in [4.69, 9.17) is 0 Å². The van der Waals surface area contributed by atoms with Crippen LogP contribution in [0.25, 0.3) is 0 Å². The Morgan fingerprint density at radius 1 is 0.263 bits per heavy atom. The smallest absolute Gasteiger partial charge is 0.0783 e. The van der Waals surface area contributed by atoms with Gasteiger partial charge in [-0.25, -0.2) is 0 Å². The van der Waals surface area contributed by atoms with E-state index in [9.17, 15) is 5.21 Å². The molecule has 0 amide bonds. The molecule has 2 heteroatoms. The molecule has 0 atom stereocenters. The van der Waals surface area contributed by atoms with E-state index in [0.29, 0.717) is 0 Å². The van der Waals surface area contributed by atoms with Crippen molar-refractivity contribution >= 4 is 0 Å². The number of hydroxylamine groups is 3. The molecule has 0 aliphatic rings. The SMILES string of the molecule is CCCCCCCCCCCCCCCC[N+]([O-])(CCCC)CCCCCCCCCCCCCCCC. The van der Waals surface area contributed by atoms with E-state index in [0.717, 1.165) is 45.3 Å². The fraction of sp³-hybridized carbons (Fsp3) is 1.00. The van der Waals surface area contributed by atoms with Gasteiger partial charge in [0.25, 0.3) is 0 Å². The molecule has 230 valence electrons. The minimum atomic E-state index is 0.102. The summed E-state index contributed by atoms with van der Waals surface area (Å²) in [6.07, 6.45) is 41.0. The van der Waals surface area contributed by atoms with Crippen LogP contribution in [0, 0.1) is 5.21 Å². The van der Waals surface area contributed by atoms with Crippen LogP contribution < -0.4 is 0 Å². The van der Waals surface area contributed by atoms with Gasteiger partial charge in [0.15, 0.2) is 0 Å². The number of nitrogens with zero attached hydrogens (tertiary/aromatic N) is 1. The minimum absolute atomic E-state index is 0.102. The molecule has 0 aromatic carbocycles. The maximum Gasteiger partial charge on any atom is 0.0783 e. The molecule has 0 N–H and O–H groups in total. The number of quaternary nitrogens is 1. The third-order valence-corrected chi connectivity index (χ3v) is 8.76. The molecule has 0 bridgehead atoms. The van der Waals surface area contributed by atoms with Gasteiger partial charge < -0.3 is 9.85 Å². The highest BCUT2D eigenvalue weighted by Crippen LogP contribution is 2.18. The van der Waals surface area contributed by atoms with Gasteiger partial charge in [-0.15, -0.1) is 0 Å². The summed E-state index contributed by atoms with van der Waals surface area (Å²) in [6, 6.07) is 0. The third kappa shape index (κ3) is 28.9. The lowest BCUT2D eigenvalue weighted by atomic mass is 10.0. The first-order valence-corrected chi connectivity index (χ1v) is 18.3. The number of unbranched alkanes of at least 4 members (excludes halogenated alkanes) is 27. The lowest BCUT2D eigenvalue weighted by Gasteiger charge is -2.43. The quantitative estimate of drug-likeness (QED) is 0.0463. The molecule has 0 fully saturated rings. The van der Waals surface area contributed by atoms with E-state index in [1.807, 2.05) is 0 Å². The molecule has 0 saturated heterocycles. The molecule has 0 spiro atoms. The fourth-order valence-corrected chi connectivity index (χ4v) is 5.97. The van der Waals surface area contributed by atoms with E-state index < -0.39 is 0 Å². The molecule has 0 aliphatic heterocycles. The van der Waals surface area contributed by atoms with Gasteiger partial charge in [0.2, 0.25) is 0 Å². The predicted molar refractivity (Wildman–Crippen MR) is 174 cm³/mol. The Labute approximate surface area is 242 Å². The van der Waals surface area contributed by atoms with Crippen molar-refractivity contribution in [3.63, 3.8) is 0 Å². The van der Waals surface area contributed by atoms with Gasteiger partial charge in [0.05, 0.1) is 19.6 Å². The van der Waals surface area contributed by atoms with Gasteiger partial charge in [0.1, 0.15) is 0 Å². The summed E-state index contributed by atoms with van der Waals surface area (Å²) in [5, 5.41) is 13.4. The Bertz CT molecular complexity index is 392. The van der Waals surface area contributed by atoms with Crippen LogP contribution in [0.2, 0.25) is 0 Å². The van der Waals surface area contributed by atoms with Crippen molar-refractivity contribution in [1.29, 1.82) is 0 Å². The Morgan fingerprint density at radius 2 is 0.447 bits per heavy atom. The van der Waals surface area contributed by atoms with Crippen molar-refractivity contribution in [3.8, 4) is 0 Å². The van der Waals surface area contributed by atoms with Crippen molar-refractivity contribution in [3.05, 3.63) is 5.21 Å². The van der Waals surface area contributed by atoms with Crippen LogP contribution in [0.15, 0.2) is 0 Å². The Kier molecular flexibility index (Phi) is 31.4. The summed E-state index contributed by atoms with van der Waals surface area (Å²) in [5.74, 6) is 0. The highest BCUT2D eigenvalue weighted by Gasteiger charge is 2.15. The predicted octanol–water partition coefficient (Wildman–Crippen LogP) is 13.1. The maximum atomic E-state index is 13.4. The topological polar surface area (TPSA) is 23.1 Å². The van der Waals surface area contributed by atoms with Crippen molar-refractivity contribution in [2.45, 2.75) is 213 Å². The first kappa shape index (κ1) is 37.9. The van der Waals surface area contributed by atoms with Gasteiger partial charge >= 0.3 is 0 Å². The summed E-state index contributed by atoms with van der Waals surface area (Å²) in [4.78, 5) is 0.